The van der Waals surface area contributed by atoms with Crippen molar-refractivity contribution in [1.82, 2.24) is 4.57 Å². The number of benzene rings is 2. The van der Waals surface area contributed by atoms with Gasteiger partial charge in [-0.25, -0.2) is 9.79 Å². The predicted molar refractivity (Wildman–Crippen MR) is 134 cm³/mol. The van der Waals surface area contributed by atoms with Gasteiger partial charge in [0, 0.05) is 0 Å². The Morgan fingerprint density at radius 2 is 1.97 bits per heavy atom. The van der Waals surface area contributed by atoms with Crippen LogP contribution in [0.3, 0.4) is 0 Å². The summed E-state index contributed by atoms with van der Waals surface area (Å²) >= 11 is 1.32. The Balaban J connectivity index is 1.94. The summed E-state index contributed by atoms with van der Waals surface area (Å²) in [6.07, 6.45) is 4.87. The van der Waals surface area contributed by atoms with Gasteiger partial charge in [-0.15, -0.1) is 6.58 Å². The van der Waals surface area contributed by atoms with Gasteiger partial charge in [0.05, 0.1) is 36.1 Å². The average molecular weight is 475 g/mol. The van der Waals surface area contributed by atoms with Gasteiger partial charge in [-0.05, 0) is 47.7 Å². The number of allylic oxidation sites excluding steroid dienone is 2. The minimum absolute atomic E-state index is 0.199. The molecule has 0 N–H and O–H groups in total. The van der Waals surface area contributed by atoms with E-state index in [4.69, 9.17) is 14.5 Å². The smallest absolute Gasteiger partial charge is 0.338 e. The molecular weight excluding hydrogens is 448 g/mol. The number of rotatable bonds is 7. The summed E-state index contributed by atoms with van der Waals surface area (Å²) in [5.41, 5.74) is 3.52. The average Bonchev–Trinajstić information content (AvgIpc) is 3.17. The van der Waals surface area contributed by atoms with E-state index < -0.39 is 12.0 Å². The molecule has 1 aliphatic heterocycles. The molecule has 1 aliphatic rings. The van der Waals surface area contributed by atoms with Crippen LogP contribution >= 0.6 is 11.3 Å². The lowest BCUT2D eigenvalue weighted by Crippen LogP contribution is -2.40. The second kappa shape index (κ2) is 10.1. The Labute approximate surface area is 201 Å². The van der Waals surface area contributed by atoms with Gasteiger partial charge in [0.25, 0.3) is 5.56 Å². The van der Waals surface area contributed by atoms with Crippen LogP contribution in [0, 0.1) is 0 Å². The van der Waals surface area contributed by atoms with E-state index in [0.717, 1.165) is 22.4 Å². The lowest BCUT2D eigenvalue weighted by Gasteiger charge is -2.25. The Morgan fingerprint density at radius 3 is 2.62 bits per heavy atom. The van der Waals surface area contributed by atoms with Gasteiger partial charge in [-0.1, -0.05) is 60.7 Å². The molecule has 1 aromatic heterocycles. The van der Waals surface area contributed by atoms with Crippen LogP contribution < -0.4 is 19.6 Å². The van der Waals surface area contributed by atoms with Crippen molar-refractivity contribution < 1.29 is 14.3 Å². The van der Waals surface area contributed by atoms with E-state index in [-0.39, 0.29) is 5.56 Å². The van der Waals surface area contributed by atoms with Crippen molar-refractivity contribution >= 4 is 23.4 Å². The number of thiazole rings is 1. The van der Waals surface area contributed by atoms with Gasteiger partial charge in [-0.2, -0.15) is 0 Å². The van der Waals surface area contributed by atoms with E-state index in [1.54, 1.807) is 11.7 Å². The van der Waals surface area contributed by atoms with Gasteiger partial charge < -0.3 is 9.47 Å². The van der Waals surface area contributed by atoms with E-state index in [1.165, 1.54) is 18.4 Å². The highest BCUT2D eigenvalue weighted by atomic mass is 32.1. The molecule has 0 saturated carbocycles. The van der Waals surface area contributed by atoms with Crippen molar-refractivity contribution in [3.63, 3.8) is 0 Å². The number of nitrogens with zero attached hydrogens (tertiary/aromatic N) is 2. The lowest BCUT2D eigenvalue weighted by molar-refractivity contribution is -0.136. The molecule has 2 heterocycles. The molecule has 0 spiro atoms. The maximum absolute atomic E-state index is 13.7. The number of hydrogen-bond acceptors (Lipinski definition) is 6. The van der Waals surface area contributed by atoms with Gasteiger partial charge in [0.2, 0.25) is 0 Å². The van der Waals surface area contributed by atoms with Crippen LogP contribution in [0.25, 0.3) is 6.08 Å². The van der Waals surface area contributed by atoms with Crippen LogP contribution in [0.4, 0.5) is 0 Å². The zero-order valence-corrected chi connectivity index (χ0v) is 20.2. The fourth-order valence-electron chi connectivity index (χ4n) is 4.17. The summed E-state index contributed by atoms with van der Waals surface area (Å²) in [5.74, 6) is 0.297. The third kappa shape index (κ3) is 4.26. The summed E-state index contributed by atoms with van der Waals surface area (Å²) < 4.78 is 12.7. The van der Waals surface area contributed by atoms with Crippen molar-refractivity contribution in [3.05, 3.63) is 109 Å². The molecule has 2 aromatic carbocycles. The highest BCUT2D eigenvalue weighted by Crippen LogP contribution is 2.31. The van der Waals surface area contributed by atoms with Crippen molar-refractivity contribution in [1.29, 1.82) is 0 Å². The zero-order valence-electron chi connectivity index (χ0n) is 19.4. The van der Waals surface area contributed by atoms with E-state index in [2.05, 4.69) is 6.58 Å². The summed E-state index contributed by atoms with van der Waals surface area (Å²) in [4.78, 5) is 31.7. The third-order valence-electron chi connectivity index (χ3n) is 5.73. The fourth-order valence-corrected chi connectivity index (χ4v) is 5.19. The van der Waals surface area contributed by atoms with Crippen molar-refractivity contribution in [2.24, 2.45) is 4.99 Å². The largest absolute Gasteiger partial charge is 0.496 e. The monoisotopic (exact) mass is 474 g/mol. The molecular formula is C27H26N2O4S. The molecule has 0 saturated heterocycles. The third-order valence-corrected chi connectivity index (χ3v) is 6.71. The summed E-state index contributed by atoms with van der Waals surface area (Å²) in [5, 5.41) is 0. The first kappa shape index (κ1) is 23.4. The lowest BCUT2D eigenvalue weighted by atomic mass is 9.95. The quantitative estimate of drug-likeness (QED) is 0.388. The maximum Gasteiger partial charge on any atom is 0.338 e. The Kier molecular flexibility index (Phi) is 6.93. The number of aromatic nitrogens is 1. The normalized spacial score (nSPS) is 15.5. The molecule has 3 aromatic rings. The maximum atomic E-state index is 13.7. The van der Waals surface area contributed by atoms with Crippen molar-refractivity contribution in [2.45, 2.75) is 25.8 Å². The number of ether oxygens (including phenoxy) is 2. The molecule has 7 heteroatoms. The minimum atomic E-state index is -0.603. The highest BCUT2D eigenvalue weighted by Gasteiger charge is 2.33. The first-order valence-corrected chi connectivity index (χ1v) is 11.8. The Morgan fingerprint density at radius 1 is 1.21 bits per heavy atom. The van der Waals surface area contributed by atoms with Crippen LogP contribution in [0.2, 0.25) is 0 Å². The zero-order chi connectivity index (χ0) is 24.2. The second-order valence-electron chi connectivity index (χ2n) is 7.76. The predicted octanol–water partition coefficient (Wildman–Crippen LogP) is 3.54. The first-order valence-electron chi connectivity index (χ1n) is 11.0. The second-order valence-corrected chi connectivity index (χ2v) is 8.77. The van der Waals surface area contributed by atoms with Crippen LogP contribution in [0.1, 0.15) is 36.1 Å². The Hall–Kier alpha value is -3.71. The fraction of sp³-hybridized carbons (Fsp3) is 0.222. The number of hydrogen-bond donors (Lipinski definition) is 0. The topological polar surface area (TPSA) is 69.9 Å². The number of carbonyl (C=O) groups excluding carboxylic acids is 1. The molecule has 0 bridgehead atoms. The van der Waals surface area contributed by atoms with Gasteiger partial charge in [0.1, 0.15) is 5.75 Å². The van der Waals surface area contributed by atoms with E-state index in [1.807, 2.05) is 67.6 Å². The molecule has 34 heavy (non-hydrogen) atoms. The van der Waals surface area contributed by atoms with E-state index in [0.29, 0.717) is 33.4 Å². The van der Waals surface area contributed by atoms with Gasteiger partial charge in [-0.3, -0.25) is 9.36 Å². The molecule has 0 unspecified atom stereocenters. The standard InChI is InChI=1S/C27H26N2O4S/c1-5-10-19-15-17(13-14-21(19)32-3)16-22-25(30)29-24(18-11-8-7-9-12-18)23(26(31)33-4)20(6-2)28-27(29)34-22/h5,7-9,11-16,24H,1,6,10H2,2-4H3/b22-16-/t24-/m1/s1. The highest BCUT2D eigenvalue weighted by molar-refractivity contribution is 7.07. The molecule has 6 nitrogen and oxygen atoms in total. The summed E-state index contributed by atoms with van der Waals surface area (Å²) in [7, 11) is 2.98. The van der Waals surface area contributed by atoms with Crippen LogP contribution in [-0.2, 0) is 16.0 Å². The molecule has 0 radical (unpaired) electrons. The molecule has 4 rings (SSSR count). The van der Waals surface area contributed by atoms with Crippen LogP contribution in [-0.4, -0.2) is 24.8 Å². The van der Waals surface area contributed by atoms with Crippen molar-refractivity contribution in [2.75, 3.05) is 14.2 Å². The first-order chi connectivity index (χ1) is 16.5. The number of fused-ring (bicyclic) bond motifs is 1. The van der Waals surface area contributed by atoms with E-state index in [9.17, 15) is 9.59 Å². The van der Waals surface area contributed by atoms with Crippen LogP contribution in [0.15, 0.2) is 82.2 Å². The summed E-state index contributed by atoms with van der Waals surface area (Å²) in [6.45, 7) is 5.75. The van der Waals surface area contributed by atoms with Crippen molar-refractivity contribution in [3.8, 4) is 5.75 Å². The Bertz CT molecular complexity index is 1450. The number of methoxy groups -OCH3 is 2. The van der Waals surface area contributed by atoms with E-state index >= 15 is 0 Å². The molecule has 1 atom stereocenters. The van der Waals surface area contributed by atoms with Crippen LogP contribution in [0.5, 0.6) is 5.75 Å². The number of esters is 1. The van der Waals surface area contributed by atoms with Gasteiger partial charge >= 0.3 is 5.97 Å². The summed E-state index contributed by atoms with van der Waals surface area (Å²) in [6, 6.07) is 14.7. The molecule has 0 aliphatic carbocycles. The molecule has 174 valence electrons. The SMILES string of the molecule is C=CCc1cc(/C=c2\sc3n(c2=O)[C@H](c2ccccc2)C(C(=O)OC)=C(CC)N=3)ccc1OC. The number of carbonyl (C=O) groups is 1. The molecule has 0 amide bonds. The minimum Gasteiger partial charge on any atom is -0.496 e. The molecule has 0 fully saturated rings. The van der Waals surface area contributed by atoms with Gasteiger partial charge in [0.15, 0.2) is 4.80 Å².